The van der Waals surface area contributed by atoms with E-state index < -0.39 is 0 Å². The molecule has 0 aromatic heterocycles. The predicted octanol–water partition coefficient (Wildman–Crippen LogP) is 0.287. The van der Waals surface area contributed by atoms with Crippen LogP contribution in [0.2, 0.25) is 0 Å². The summed E-state index contributed by atoms with van der Waals surface area (Å²) in [6, 6.07) is 0.216. The number of rotatable bonds is 5. The first-order chi connectivity index (χ1) is 5.16. The molecule has 0 unspecified atom stereocenters. The Morgan fingerprint density at radius 3 is 2.73 bits per heavy atom. The van der Waals surface area contributed by atoms with Gasteiger partial charge in [-0.15, -0.1) is 6.58 Å². The molecule has 0 atom stereocenters. The lowest BCUT2D eigenvalue weighted by Gasteiger charge is -2.07. The molecule has 11 heavy (non-hydrogen) atoms. The molecule has 0 saturated heterocycles. The lowest BCUT2D eigenvalue weighted by molar-refractivity contribution is -0.120. The normalized spacial score (nSPS) is 9.73. The van der Waals surface area contributed by atoms with Crippen LogP contribution < -0.4 is 10.6 Å². The van der Waals surface area contributed by atoms with Gasteiger partial charge in [-0.25, -0.2) is 0 Å². The molecule has 3 nitrogen and oxygen atoms in total. The van der Waals surface area contributed by atoms with Crippen molar-refractivity contribution < 1.29 is 4.79 Å². The maximum absolute atomic E-state index is 10.9. The molecule has 0 saturated carbocycles. The zero-order valence-electron chi connectivity index (χ0n) is 7.18. The molecule has 0 radical (unpaired) electrons. The van der Waals surface area contributed by atoms with Gasteiger partial charge in [0.2, 0.25) is 5.91 Å². The SMILES string of the molecule is C=CCNCC(=O)NC(C)C. The highest BCUT2D eigenvalue weighted by molar-refractivity contribution is 5.78. The quantitative estimate of drug-likeness (QED) is 0.443. The molecular weight excluding hydrogens is 140 g/mol. The van der Waals surface area contributed by atoms with Gasteiger partial charge in [0.25, 0.3) is 0 Å². The van der Waals surface area contributed by atoms with Crippen molar-refractivity contribution in [1.82, 2.24) is 10.6 Å². The van der Waals surface area contributed by atoms with E-state index in [9.17, 15) is 4.79 Å². The smallest absolute Gasteiger partial charge is 0.234 e. The molecule has 3 heteroatoms. The molecule has 0 aliphatic rings. The Morgan fingerprint density at radius 1 is 1.64 bits per heavy atom. The lowest BCUT2D eigenvalue weighted by Crippen LogP contribution is -2.37. The second kappa shape index (κ2) is 5.92. The summed E-state index contributed by atoms with van der Waals surface area (Å²) in [6.45, 7) is 8.43. The maximum Gasteiger partial charge on any atom is 0.234 e. The molecule has 0 bridgehead atoms. The molecule has 0 aromatic rings. The van der Waals surface area contributed by atoms with Crippen LogP contribution >= 0.6 is 0 Å². The number of carbonyl (C=O) groups excluding carboxylic acids is 1. The average molecular weight is 156 g/mol. The Bertz CT molecular complexity index is 132. The summed E-state index contributed by atoms with van der Waals surface area (Å²) < 4.78 is 0. The van der Waals surface area contributed by atoms with Crippen molar-refractivity contribution in [2.45, 2.75) is 19.9 Å². The summed E-state index contributed by atoms with van der Waals surface area (Å²) in [5, 5.41) is 5.68. The number of hydrogen-bond acceptors (Lipinski definition) is 2. The van der Waals surface area contributed by atoms with Crippen LogP contribution in [-0.4, -0.2) is 25.0 Å². The van der Waals surface area contributed by atoms with E-state index in [0.717, 1.165) is 0 Å². The number of amides is 1. The van der Waals surface area contributed by atoms with Crippen LogP contribution in [0.15, 0.2) is 12.7 Å². The van der Waals surface area contributed by atoms with E-state index in [2.05, 4.69) is 17.2 Å². The maximum atomic E-state index is 10.9. The van der Waals surface area contributed by atoms with Crippen LogP contribution in [0.25, 0.3) is 0 Å². The van der Waals surface area contributed by atoms with E-state index in [1.807, 2.05) is 13.8 Å². The van der Waals surface area contributed by atoms with E-state index >= 15 is 0 Å². The first kappa shape index (κ1) is 10.2. The summed E-state index contributed by atoms with van der Waals surface area (Å²) in [4.78, 5) is 10.9. The van der Waals surface area contributed by atoms with E-state index in [0.29, 0.717) is 13.1 Å². The van der Waals surface area contributed by atoms with Gasteiger partial charge in [-0.05, 0) is 13.8 Å². The van der Waals surface area contributed by atoms with Gasteiger partial charge < -0.3 is 10.6 Å². The Kier molecular flexibility index (Phi) is 5.47. The van der Waals surface area contributed by atoms with E-state index in [1.54, 1.807) is 6.08 Å². The molecule has 64 valence electrons. The number of hydrogen-bond donors (Lipinski definition) is 2. The summed E-state index contributed by atoms with van der Waals surface area (Å²) in [6.07, 6.45) is 1.72. The van der Waals surface area contributed by atoms with Crippen molar-refractivity contribution in [2.75, 3.05) is 13.1 Å². The topological polar surface area (TPSA) is 41.1 Å². The standard InChI is InChI=1S/C8H16N2O/c1-4-5-9-6-8(11)10-7(2)3/h4,7,9H,1,5-6H2,2-3H3,(H,10,11). The van der Waals surface area contributed by atoms with Gasteiger partial charge in [0.15, 0.2) is 0 Å². The largest absolute Gasteiger partial charge is 0.353 e. The summed E-state index contributed by atoms with van der Waals surface area (Å²) in [5.74, 6) is 0.0295. The molecule has 0 spiro atoms. The summed E-state index contributed by atoms with van der Waals surface area (Å²) in [5.41, 5.74) is 0. The number of nitrogens with one attached hydrogen (secondary N) is 2. The molecule has 0 fully saturated rings. The Labute approximate surface area is 67.9 Å². The van der Waals surface area contributed by atoms with Gasteiger partial charge in [-0.3, -0.25) is 4.79 Å². The van der Waals surface area contributed by atoms with E-state index in [4.69, 9.17) is 0 Å². The minimum Gasteiger partial charge on any atom is -0.353 e. The first-order valence-corrected chi connectivity index (χ1v) is 3.77. The molecule has 0 rings (SSSR count). The fourth-order valence-corrected chi connectivity index (χ4v) is 0.661. The second-order valence-corrected chi connectivity index (χ2v) is 2.64. The van der Waals surface area contributed by atoms with Crippen molar-refractivity contribution in [1.29, 1.82) is 0 Å². The van der Waals surface area contributed by atoms with Gasteiger partial charge in [0, 0.05) is 12.6 Å². The van der Waals surface area contributed by atoms with Crippen LogP contribution in [0, 0.1) is 0 Å². The van der Waals surface area contributed by atoms with Crippen LogP contribution in [0.4, 0.5) is 0 Å². The Morgan fingerprint density at radius 2 is 2.27 bits per heavy atom. The van der Waals surface area contributed by atoms with Gasteiger partial charge in [-0.2, -0.15) is 0 Å². The molecule has 0 aliphatic heterocycles. The highest BCUT2D eigenvalue weighted by Crippen LogP contribution is 1.75. The summed E-state index contributed by atoms with van der Waals surface area (Å²) >= 11 is 0. The van der Waals surface area contributed by atoms with Crippen molar-refractivity contribution in [3.05, 3.63) is 12.7 Å². The highest BCUT2D eigenvalue weighted by Gasteiger charge is 1.99. The highest BCUT2D eigenvalue weighted by atomic mass is 16.1. The molecule has 0 heterocycles. The fourth-order valence-electron chi connectivity index (χ4n) is 0.661. The minimum absolute atomic E-state index is 0.0295. The monoisotopic (exact) mass is 156 g/mol. The average Bonchev–Trinajstić information content (AvgIpc) is 1.86. The number of carbonyl (C=O) groups is 1. The lowest BCUT2D eigenvalue weighted by atomic mass is 10.4. The Balaban J connectivity index is 3.30. The third-order valence-corrected chi connectivity index (χ3v) is 1.02. The molecule has 0 aromatic carbocycles. The molecule has 0 aliphatic carbocycles. The first-order valence-electron chi connectivity index (χ1n) is 3.77. The zero-order valence-corrected chi connectivity index (χ0v) is 7.18. The van der Waals surface area contributed by atoms with E-state index in [1.165, 1.54) is 0 Å². The third kappa shape index (κ3) is 7.06. The van der Waals surface area contributed by atoms with Gasteiger partial charge >= 0.3 is 0 Å². The van der Waals surface area contributed by atoms with Crippen LogP contribution in [0.5, 0.6) is 0 Å². The van der Waals surface area contributed by atoms with Gasteiger partial charge in [-0.1, -0.05) is 6.08 Å². The minimum atomic E-state index is 0.0295. The Hall–Kier alpha value is -0.830. The second-order valence-electron chi connectivity index (χ2n) is 2.64. The van der Waals surface area contributed by atoms with Crippen molar-refractivity contribution in [2.24, 2.45) is 0 Å². The van der Waals surface area contributed by atoms with Crippen LogP contribution in [0.1, 0.15) is 13.8 Å². The predicted molar refractivity (Wildman–Crippen MR) is 46.3 cm³/mol. The zero-order chi connectivity index (χ0) is 8.69. The van der Waals surface area contributed by atoms with Crippen molar-refractivity contribution in [3.8, 4) is 0 Å². The molecular formula is C8H16N2O. The molecule has 1 amide bonds. The van der Waals surface area contributed by atoms with Crippen molar-refractivity contribution >= 4 is 5.91 Å². The van der Waals surface area contributed by atoms with Crippen LogP contribution in [0.3, 0.4) is 0 Å². The van der Waals surface area contributed by atoms with Crippen molar-refractivity contribution in [3.63, 3.8) is 0 Å². The van der Waals surface area contributed by atoms with E-state index in [-0.39, 0.29) is 11.9 Å². The van der Waals surface area contributed by atoms with Gasteiger partial charge in [0.05, 0.1) is 6.54 Å². The fraction of sp³-hybridized carbons (Fsp3) is 0.625. The third-order valence-electron chi connectivity index (χ3n) is 1.02. The molecule has 2 N–H and O–H groups in total. The van der Waals surface area contributed by atoms with Crippen LogP contribution in [-0.2, 0) is 4.79 Å². The summed E-state index contributed by atoms with van der Waals surface area (Å²) in [7, 11) is 0. The van der Waals surface area contributed by atoms with Gasteiger partial charge in [0.1, 0.15) is 0 Å².